The number of H-pyrrole nitrogens is 1. The van der Waals surface area contributed by atoms with Gasteiger partial charge in [0.25, 0.3) is 0 Å². The Morgan fingerprint density at radius 3 is 3.15 bits per heavy atom. The molecule has 1 aliphatic rings. The molecule has 1 fully saturated rings. The van der Waals surface area contributed by atoms with Gasteiger partial charge >= 0.3 is 0 Å². The van der Waals surface area contributed by atoms with Gasteiger partial charge in [-0.15, -0.1) is 0 Å². The Morgan fingerprint density at radius 1 is 1.62 bits per heavy atom. The number of ether oxygens (including phenoxy) is 1. The average Bonchev–Trinajstić information content (AvgIpc) is 2.67. The minimum atomic E-state index is 0.0188. The Labute approximate surface area is 76.9 Å². The summed E-state index contributed by atoms with van der Waals surface area (Å²) < 4.78 is 5.51. The maximum absolute atomic E-state index is 5.51. The summed E-state index contributed by atoms with van der Waals surface area (Å²) in [5.41, 5.74) is 0. The van der Waals surface area contributed by atoms with E-state index in [-0.39, 0.29) is 6.10 Å². The zero-order chi connectivity index (χ0) is 9.10. The molecule has 1 atom stereocenters. The van der Waals surface area contributed by atoms with Crippen LogP contribution in [0.2, 0.25) is 0 Å². The molecule has 2 heterocycles. The van der Waals surface area contributed by atoms with Gasteiger partial charge in [-0.05, 0) is 0 Å². The number of hydrogen-bond donors (Lipinski definition) is 2. The lowest BCUT2D eigenvalue weighted by atomic mass is 10.3. The van der Waals surface area contributed by atoms with Gasteiger partial charge < -0.3 is 10.1 Å². The number of nitrogens with one attached hydrogen (secondary N) is 2. The molecule has 5 nitrogen and oxygen atoms in total. The van der Waals surface area contributed by atoms with Crippen LogP contribution in [0.15, 0.2) is 0 Å². The summed E-state index contributed by atoms with van der Waals surface area (Å²) in [5.74, 6) is 1.69. The van der Waals surface area contributed by atoms with Crippen LogP contribution in [0.4, 0.5) is 0 Å². The molecule has 0 aromatic carbocycles. The third-order valence-corrected chi connectivity index (χ3v) is 2.10. The summed E-state index contributed by atoms with van der Waals surface area (Å²) in [5, 5.41) is 10.2. The number of aromatic amines is 1. The van der Waals surface area contributed by atoms with E-state index in [0.29, 0.717) is 0 Å². The summed E-state index contributed by atoms with van der Waals surface area (Å²) >= 11 is 0. The zero-order valence-electron chi connectivity index (χ0n) is 7.71. The molecule has 1 saturated heterocycles. The lowest BCUT2D eigenvalue weighted by molar-refractivity contribution is 0.0223. The maximum Gasteiger partial charge on any atom is 0.180 e. The van der Waals surface area contributed by atoms with Gasteiger partial charge in [0.05, 0.1) is 6.61 Å². The third kappa shape index (κ3) is 1.87. The molecule has 13 heavy (non-hydrogen) atoms. The normalized spacial score (nSPS) is 23.3. The van der Waals surface area contributed by atoms with E-state index in [0.717, 1.165) is 37.8 Å². The zero-order valence-corrected chi connectivity index (χ0v) is 7.71. The van der Waals surface area contributed by atoms with E-state index in [1.165, 1.54) is 0 Å². The first-order valence-corrected chi connectivity index (χ1v) is 4.63. The number of hydrogen-bond acceptors (Lipinski definition) is 4. The Hall–Kier alpha value is -0.940. The first-order chi connectivity index (χ1) is 6.40. The number of nitrogens with zero attached hydrogens (tertiary/aromatic N) is 2. The summed E-state index contributed by atoms with van der Waals surface area (Å²) in [6, 6.07) is 0. The van der Waals surface area contributed by atoms with E-state index in [1.54, 1.807) is 0 Å². The molecule has 0 saturated carbocycles. The summed E-state index contributed by atoms with van der Waals surface area (Å²) in [6.45, 7) is 4.51. The summed E-state index contributed by atoms with van der Waals surface area (Å²) in [4.78, 5) is 4.32. The van der Waals surface area contributed by atoms with Crippen molar-refractivity contribution in [3.8, 4) is 0 Å². The van der Waals surface area contributed by atoms with Gasteiger partial charge in [0, 0.05) is 19.5 Å². The average molecular weight is 182 g/mol. The van der Waals surface area contributed by atoms with Gasteiger partial charge in [-0.3, -0.25) is 5.10 Å². The first-order valence-electron chi connectivity index (χ1n) is 4.63. The largest absolute Gasteiger partial charge is 0.367 e. The van der Waals surface area contributed by atoms with E-state index in [2.05, 4.69) is 20.5 Å². The predicted molar refractivity (Wildman–Crippen MR) is 47.3 cm³/mol. The predicted octanol–water partition coefficient (Wildman–Crippen LogP) is 0.0280. The molecular weight excluding hydrogens is 168 g/mol. The minimum absolute atomic E-state index is 0.0188. The fraction of sp³-hybridized carbons (Fsp3) is 0.750. The van der Waals surface area contributed by atoms with Crippen LogP contribution in [-0.4, -0.2) is 34.9 Å². The molecule has 5 heteroatoms. The SMILES string of the molecule is CCc1nc(C2CNCCO2)n[nH]1. The topological polar surface area (TPSA) is 62.8 Å². The van der Waals surface area contributed by atoms with Crippen molar-refractivity contribution < 1.29 is 4.74 Å². The molecule has 0 bridgehead atoms. The third-order valence-electron chi connectivity index (χ3n) is 2.10. The highest BCUT2D eigenvalue weighted by Gasteiger charge is 2.19. The molecule has 2 rings (SSSR count). The highest BCUT2D eigenvalue weighted by atomic mass is 16.5. The number of morpholine rings is 1. The molecule has 1 unspecified atom stereocenters. The fourth-order valence-corrected chi connectivity index (χ4v) is 1.34. The van der Waals surface area contributed by atoms with Crippen molar-refractivity contribution >= 4 is 0 Å². The quantitative estimate of drug-likeness (QED) is 0.677. The molecule has 72 valence electrons. The molecule has 2 N–H and O–H groups in total. The van der Waals surface area contributed by atoms with E-state index in [9.17, 15) is 0 Å². The van der Waals surface area contributed by atoms with Crippen LogP contribution in [-0.2, 0) is 11.2 Å². The summed E-state index contributed by atoms with van der Waals surface area (Å²) in [6.07, 6.45) is 0.901. The van der Waals surface area contributed by atoms with Crippen LogP contribution < -0.4 is 5.32 Å². The Balaban J connectivity index is 2.05. The maximum atomic E-state index is 5.51. The van der Waals surface area contributed by atoms with Gasteiger partial charge in [-0.1, -0.05) is 6.92 Å². The van der Waals surface area contributed by atoms with E-state index < -0.39 is 0 Å². The second-order valence-corrected chi connectivity index (χ2v) is 3.06. The van der Waals surface area contributed by atoms with Crippen LogP contribution in [0.3, 0.4) is 0 Å². The molecule has 0 spiro atoms. The van der Waals surface area contributed by atoms with Crippen molar-refractivity contribution in [1.29, 1.82) is 0 Å². The number of aromatic nitrogens is 3. The Bertz CT molecular complexity index is 267. The first kappa shape index (κ1) is 8.65. The van der Waals surface area contributed by atoms with Gasteiger partial charge in [0.2, 0.25) is 0 Å². The molecule has 0 amide bonds. The van der Waals surface area contributed by atoms with E-state index >= 15 is 0 Å². The lowest BCUT2D eigenvalue weighted by Crippen LogP contribution is -2.33. The van der Waals surface area contributed by atoms with E-state index in [4.69, 9.17) is 4.74 Å². The van der Waals surface area contributed by atoms with Crippen molar-refractivity contribution in [1.82, 2.24) is 20.5 Å². The fourth-order valence-electron chi connectivity index (χ4n) is 1.34. The van der Waals surface area contributed by atoms with Gasteiger partial charge in [0.15, 0.2) is 5.82 Å². The molecule has 1 aromatic rings. The smallest absolute Gasteiger partial charge is 0.180 e. The highest BCUT2D eigenvalue weighted by molar-refractivity contribution is 4.95. The monoisotopic (exact) mass is 182 g/mol. The van der Waals surface area contributed by atoms with Crippen molar-refractivity contribution in [3.05, 3.63) is 11.6 Å². The lowest BCUT2D eigenvalue weighted by Gasteiger charge is -2.20. The van der Waals surface area contributed by atoms with Crippen molar-refractivity contribution in [2.24, 2.45) is 0 Å². The molecule has 0 radical (unpaired) electrons. The molecule has 1 aromatic heterocycles. The highest BCUT2D eigenvalue weighted by Crippen LogP contribution is 2.13. The van der Waals surface area contributed by atoms with Crippen LogP contribution in [0.25, 0.3) is 0 Å². The van der Waals surface area contributed by atoms with Gasteiger partial charge in [-0.2, -0.15) is 5.10 Å². The van der Waals surface area contributed by atoms with Crippen LogP contribution in [0.1, 0.15) is 24.7 Å². The van der Waals surface area contributed by atoms with Gasteiger partial charge in [-0.25, -0.2) is 4.98 Å². The summed E-state index contributed by atoms with van der Waals surface area (Å²) in [7, 11) is 0. The molecule has 1 aliphatic heterocycles. The Morgan fingerprint density at radius 2 is 2.54 bits per heavy atom. The van der Waals surface area contributed by atoms with Crippen molar-refractivity contribution in [3.63, 3.8) is 0 Å². The minimum Gasteiger partial charge on any atom is -0.367 e. The van der Waals surface area contributed by atoms with Crippen molar-refractivity contribution in [2.75, 3.05) is 19.7 Å². The molecular formula is C8H14N4O. The number of aryl methyl sites for hydroxylation is 1. The van der Waals surface area contributed by atoms with Gasteiger partial charge in [0.1, 0.15) is 11.9 Å². The second-order valence-electron chi connectivity index (χ2n) is 3.06. The van der Waals surface area contributed by atoms with E-state index in [1.807, 2.05) is 6.92 Å². The molecule has 0 aliphatic carbocycles. The van der Waals surface area contributed by atoms with Crippen LogP contribution in [0.5, 0.6) is 0 Å². The standard InChI is InChI=1S/C8H14N4O/c1-2-7-10-8(12-11-7)6-5-9-3-4-13-6/h6,9H,2-5H2,1H3,(H,10,11,12). The van der Waals surface area contributed by atoms with Crippen molar-refractivity contribution in [2.45, 2.75) is 19.4 Å². The second kappa shape index (κ2) is 3.85. The van der Waals surface area contributed by atoms with Crippen LogP contribution in [0, 0.1) is 0 Å². The van der Waals surface area contributed by atoms with Crippen LogP contribution >= 0.6 is 0 Å². The number of rotatable bonds is 2. The Kier molecular flexibility index (Phi) is 2.56.